The summed E-state index contributed by atoms with van der Waals surface area (Å²) < 4.78 is 0. The molecule has 0 radical (unpaired) electrons. The Labute approximate surface area is 120 Å². The van der Waals surface area contributed by atoms with E-state index in [1.54, 1.807) is 12.4 Å². The first kappa shape index (κ1) is 17.2. The fourth-order valence-electron chi connectivity index (χ4n) is 1.93. The van der Waals surface area contributed by atoms with Crippen LogP contribution in [0.1, 0.15) is 18.4 Å². The lowest BCUT2D eigenvalue weighted by Crippen LogP contribution is -2.25. The summed E-state index contributed by atoms with van der Waals surface area (Å²) in [6.07, 6.45) is 5.25. The smallest absolute Gasteiger partial charge is 0.220 e. The zero-order valence-electron chi connectivity index (χ0n) is 10.1. The average molecular weight is 292 g/mol. The van der Waals surface area contributed by atoms with Crippen LogP contribution in [0.5, 0.6) is 0 Å². The molecule has 1 fully saturated rings. The first-order chi connectivity index (χ1) is 7.84. The molecule has 0 bridgehead atoms. The highest BCUT2D eigenvalue weighted by Gasteiger charge is 2.17. The van der Waals surface area contributed by atoms with Gasteiger partial charge in [0, 0.05) is 25.4 Å². The summed E-state index contributed by atoms with van der Waals surface area (Å²) in [5, 5.41) is 6.18. The SMILES string of the molecule is Cl.Cl.O=C(CC1CCNC1)NCc1cccnc1. The number of hydrogen-bond acceptors (Lipinski definition) is 3. The summed E-state index contributed by atoms with van der Waals surface area (Å²) in [6.45, 7) is 2.59. The van der Waals surface area contributed by atoms with Gasteiger partial charge in [-0.2, -0.15) is 0 Å². The van der Waals surface area contributed by atoms with Crippen molar-refractivity contribution in [2.24, 2.45) is 5.92 Å². The zero-order chi connectivity index (χ0) is 11.2. The molecule has 1 aliphatic heterocycles. The number of amides is 1. The van der Waals surface area contributed by atoms with Crippen LogP contribution in [0.25, 0.3) is 0 Å². The molecule has 1 saturated heterocycles. The van der Waals surface area contributed by atoms with Crippen LogP contribution in [-0.4, -0.2) is 24.0 Å². The minimum atomic E-state index is 0. The summed E-state index contributed by atoms with van der Waals surface area (Å²) in [4.78, 5) is 15.6. The van der Waals surface area contributed by atoms with E-state index in [-0.39, 0.29) is 30.7 Å². The van der Waals surface area contributed by atoms with Gasteiger partial charge in [-0.25, -0.2) is 0 Å². The Morgan fingerprint density at radius 3 is 2.94 bits per heavy atom. The maximum atomic E-state index is 11.6. The van der Waals surface area contributed by atoms with Gasteiger partial charge in [-0.15, -0.1) is 24.8 Å². The lowest BCUT2D eigenvalue weighted by molar-refractivity contribution is -0.122. The van der Waals surface area contributed by atoms with Crippen molar-refractivity contribution in [2.45, 2.75) is 19.4 Å². The quantitative estimate of drug-likeness (QED) is 0.885. The molecule has 102 valence electrons. The van der Waals surface area contributed by atoms with Gasteiger partial charge in [0.05, 0.1) is 0 Å². The van der Waals surface area contributed by atoms with Gasteiger partial charge in [0.15, 0.2) is 0 Å². The Morgan fingerprint density at radius 1 is 1.50 bits per heavy atom. The van der Waals surface area contributed by atoms with E-state index in [2.05, 4.69) is 15.6 Å². The fraction of sp³-hybridized carbons (Fsp3) is 0.500. The molecule has 0 aromatic carbocycles. The second-order valence-electron chi connectivity index (χ2n) is 4.20. The molecule has 1 aliphatic rings. The first-order valence-corrected chi connectivity index (χ1v) is 5.71. The van der Waals surface area contributed by atoms with E-state index in [9.17, 15) is 4.79 Å². The van der Waals surface area contributed by atoms with Gasteiger partial charge in [0.25, 0.3) is 0 Å². The highest BCUT2D eigenvalue weighted by Crippen LogP contribution is 2.11. The molecule has 2 rings (SSSR count). The Morgan fingerprint density at radius 2 is 2.33 bits per heavy atom. The van der Waals surface area contributed by atoms with Crippen LogP contribution < -0.4 is 10.6 Å². The van der Waals surface area contributed by atoms with Gasteiger partial charge in [0.1, 0.15) is 0 Å². The molecule has 0 aliphatic carbocycles. The van der Waals surface area contributed by atoms with E-state index in [0.29, 0.717) is 18.9 Å². The number of pyridine rings is 1. The molecular weight excluding hydrogens is 273 g/mol. The second-order valence-corrected chi connectivity index (χ2v) is 4.20. The molecule has 1 atom stereocenters. The minimum absolute atomic E-state index is 0. The summed E-state index contributed by atoms with van der Waals surface area (Å²) in [6, 6.07) is 3.84. The molecule has 6 heteroatoms. The van der Waals surface area contributed by atoms with E-state index in [4.69, 9.17) is 0 Å². The molecule has 0 spiro atoms. The number of halogens is 2. The molecule has 0 saturated carbocycles. The van der Waals surface area contributed by atoms with Crippen LogP contribution in [0.2, 0.25) is 0 Å². The molecule has 1 unspecified atom stereocenters. The van der Waals surface area contributed by atoms with Crippen LogP contribution in [0, 0.1) is 5.92 Å². The van der Waals surface area contributed by atoms with Crippen molar-refractivity contribution >= 4 is 30.7 Å². The number of aromatic nitrogens is 1. The maximum absolute atomic E-state index is 11.6. The molecular formula is C12H19Cl2N3O. The third-order valence-corrected chi connectivity index (χ3v) is 2.85. The van der Waals surface area contributed by atoms with Crippen molar-refractivity contribution in [1.29, 1.82) is 0 Å². The van der Waals surface area contributed by atoms with Gasteiger partial charge >= 0.3 is 0 Å². The van der Waals surface area contributed by atoms with E-state index < -0.39 is 0 Å². The maximum Gasteiger partial charge on any atom is 0.220 e. The van der Waals surface area contributed by atoms with Crippen molar-refractivity contribution in [2.75, 3.05) is 13.1 Å². The molecule has 1 amide bonds. The van der Waals surface area contributed by atoms with Gasteiger partial charge < -0.3 is 10.6 Å². The van der Waals surface area contributed by atoms with Crippen LogP contribution in [0.4, 0.5) is 0 Å². The highest BCUT2D eigenvalue weighted by atomic mass is 35.5. The van der Waals surface area contributed by atoms with Crippen molar-refractivity contribution in [3.05, 3.63) is 30.1 Å². The van der Waals surface area contributed by atoms with Crippen LogP contribution in [0.3, 0.4) is 0 Å². The lowest BCUT2D eigenvalue weighted by Gasteiger charge is -2.08. The molecule has 4 nitrogen and oxygen atoms in total. The molecule has 18 heavy (non-hydrogen) atoms. The zero-order valence-corrected chi connectivity index (χ0v) is 11.7. The summed E-state index contributed by atoms with van der Waals surface area (Å²) >= 11 is 0. The van der Waals surface area contributed by atoms with Crippen molar-refractivity contribution in [3.8, 4) is 0 Å². The second kappa shape index (κ2) is 9.14. The van der Waals surface area contributed by atoms with Crippen molar-refractivity contribution in [1.82, 2.24) is 15.6 Å². The number of carbonyl (C=O) groups is 1. The number of hydrogen-bond donors (Lipinski definition) is 2. The summed E-state index contributed by atoms with van der Waals surface area (Å²) in [5.74, 6) is 0.645. The van der Waals surface area contributed by atoms with Gasteiger partial charge in [0.2, 0.25) is 5.91 Å². The third kappa shape index (κ3) is 5.67. The molecule has 2 N–H and O–H groups in total. The van der Waals surface area contributed by atoms with Crippen LogP contribution >= 0.6 is 24.8 Å². The van der Waals surface area contributed by atoms with Gasteiger partial charge in [-0.3, -0.25) is 9.78 Å². The van der Waals surface area contributed by atoms with E-state index in [1.165, 1.54) is 0 Å². The Kier molecular flexibility index (Phi) is 8.71. The molecule has 1 aromatic heterocycles. The van der Waals surface area contributed by atoms with Crippen molar-refractivity contribution < 1.29 is 4.79 Å². The van der Waals surface area contributed by atoms with E-state index in [1.807, 2.05) is 12.1 Å². The lowest BCUT2D eigenvalue weighted by atomic mass is 10.0. The van der Waals surface area contributed by atoms with Gasteiger partial charge in [-0.05, 0) is 37.1 Å². The summed E-state index contributed by atoms with van der Waals surface area (Å²) in [5.41, 5.74) is 1.04. The van der Waals surface area contributed by atoms with Crippen LogP contribution in [0.15, 0.2) is 24.5 Å². The third-order valence-electron chi connectivity index (χ3n) is 2.85. The standard InChI is InChI=1S/C12H17N3O.2ClH/c16-12(6-10-3-5-14-7-10)15-9-11-2-1-4-13-8-11;;/h1-2,4,8,10,14H,3,5-7,9H2,(H,15,16);2*1H. The topological polar surface area (TPSA) is 54.0 Å². The first-order valence-electron chi connectivity index (χ1n) is 5.71. The Bertz CT molecular complexity index is 342. The molecule has 2 heterocycles. The monoisotopic (exact) mass is 291 g/mol. The van der Waals surface area contributed by atoms with Crippen LogP contribution in [-0.2, 0) is 11.3 Å². The number of nitrogens with zero attached hydrogens (tertiary/aromatic N) is 1. The average Bonchev–Trinajstić information content (AvgIpc) is 2.81. The Hall–Kier alpha value is -0.840. The highest BCUT2D eigenvalue weighted by molar-refractivity contribution is 5.85. The molecule has 1 aromatic rings. The summed E-state index contributed by atoms with van der Waals surface area (Å²) in [7, 11) is 0. The van der Waals surface area contributed by atoms with E-state index in [0.717, 1.165) is 25.1 Å². The number of nitrogens with one attached hydrogen (secondary N) is 2. The van der Waals surface area contributed by atoms with Gasteiger partial charge in [-0.1, -0.05) is 6.07 Å². The Balaban J connectivity index is 0.00000144. The van der Waals surface area contributed by atoms with Crippen molar-refractivity contribution in [3.63, 3.8) is 0 Å². The predicted octanol–water partition coefficient (Wildman–Crippen LogP) is 1.54. The van der Waals surface area contributed by atoms with E-state index >= 15 is 0 Å². The number of carbonyl (C=O) groups excluding carboxylic acids is 1. The predicted molar refractivity (Wildman–Crippen MR) is 76.2 cm³/mol. The minimum Gasteiger partial charge on any atom is -0.352 e. The fourth-order valence-corrected chi connectivity index (χ4v) is 1.93. The normalized spacial score (nSPS) is 17.4. The largest absolute Gasteiger partial charge is 0.352 e. The number of rotatable bonds is 4.